The van der Waals surface area contributed by atoms with E-state index < -0.39 is 0 Å². The standard InChI is InChI=1S/C20H40O2.H3N/c1-3-5-7-9-10-11-12-13-15-17-19-22-20(21)18-16-14-8-6-4-2;/h3-19H2,1-2H3;1H3/p+1. The third-order valence-electron chi connectivity index (χ3n) is 4.25. The summed E-state index contributed by atoms with van der Waals surface area (Å²) in [7, 11) is 0. The summed E-state index contributed by atoms with van der Waals surface area (Å²) in [6, 6.07) is 0. The van der Waals surface area contributed by atoms with E-state index in [1.807, 2.05) is 0 Å². The van der Waals surface area contributed by atoms with Gasteiger partial charge in [0.05, 0.1) is 6.61 Å². The van der Waals surface area contributed by atoms with Crippen LogP contribution in [0.25, 0.3) is 0 Å². The molecule has 3 heteroatoms. The summed E-state index contributed by atoms with van der Waals surface area (Å²) in [4.78, 5) is 11.5. The average Bonchev–Trinajstić information content (AvgIpc) is 2.52. The van der Waals surface area contributed by atoms with Crippen LogP contribution in [-0.2, 0) is 9.53 Å². The number of carbonyl (C=O) groups excluding carboxylic acids is 1. The Kier molecular flexibility index (Phi) is 23.0. The second kappa shape index (κ2) is 21.4. The van der Waals surface area contributed by atoms with Crippen LogP contribution >= 0.6 is 0 Å². The molecule has 0 saturated carbocycles. The van der Waals surface area contributed by atoms with Gasteiger partial charge >= 0.3 is 5.97 Å². The van der Waals surface area contributed by atoms with Gasteiger partial charge in [0.1, 0.15) is 0 Å². The minimum atomic E-state index is 0. The fourth-order valence-electron chi connectivity index (χ4n) is 2.72. The van der Waals surface area contributed by atoms with Gasteiger partial charge in [0.25, 0.3) is 0 Å². The maximum Gasteiger partial charge on any atom is 0.305 e. The van der Waals surface area contributed by atoms with Gasteiger partial charge in [-0.3, -0.25) is 4.79 Å². The molecular weight excluding hydrogens is 286 g/mol. The molecule has 0 rings (SSSR count). The number of rotatable bonds is 17. The molecule has 0 fully saturated rings. The van der Waals surface area contributed by atoms with Crippen molar-refractivity contribution in [1.82, 2.24) is 6.15 Å². The van der Waals surface area contributed by atoms with Crippen molar-refractivity contribution in [2.24, 2.45) is 0 Å². The van der Waals surface area contributed by atoms with Crippen molar-refractivity contribution in [1.29, 1.82) is 0 Å². The second-order valence-electron chi connectivity index (χ2n) is 6.57. The highest BCUT2D eigenvalue weighted by Gasteiger charge is 2.02. The van der Waals surface area contributed by atoms with Gasteiger partial charge in [0.15, 0.2) is 0 Å². The zero-order valence-electron chi connectivity index (χ0n) is 16.3. The van der Waals surface area contributed by atoms with Crippen molar-refractivity contribution in [3.8, 4) is 0 Å². The van der Waals surface area contributed by atoms with E-state index in [4.69, 9.17) is 4.74 Å². The summed E-state index contributed by atoms with van der Waals surface area (Å²) in [5, 5.41) is 0. The summed E-state index contributed by atoms with van der Waals surface area (Å²) in [6.07, 6.45) is 19.8. The summed E-state index contributed by atoms with van der Waals surface area (Å²) >= 11 is 0. The maximum absolute atomic E-state index is 11.5. The zero-order valence-corrected chi connectivity index (χ0v) is 16.3. The zero-order chi connectivity index (χ0) is 16.3. The smallest absolute Gasteiger partial charge is 0.305 e. The molecule has 4 N–H and O–H groups in total. The third kappa shape index (κ3) is 21.4. The number of ether oxygens (including phenoxy) is 1. The Bertz CT molecular complexity index is 232. The molecule has 0 aliphatic heterocycles. The molecule has 3 nitrogen and oxygen atoms in total. The van der Waals surface area contributed by atoms with E-state index in [1.165, 1.54) is 83.5 Å². The number of esters is 1. The molecule has 0 atom stereocenters. The summed E-state index contributed by atoms with van der Waals surface area (Å²) < 4.78 is 5.28. The number of quaternary nitrogens is 1. The average molecular weight is 331 g/mol. The van der Waals surface area contributed by atoms with E-state index in [0.717, 1.165) is 12.8 Å². The Morgan fingerprint density at radius 2 is 1.00 bits per heavy atom. The lowest BCUT2D eigenvalue weighted by Gasteiger charge is -2.05. The fraction of sp³-hybridized carbons (Fsp3) is 0.950. The molecule has 140 valence electrons. The van der Waals surface area contributed by atoms with E-state index in [9.17, 15) is 4.79 Å². The normalized spacial score (nSPS) is 10.3. The van der Waals surface area contributed by atoms with Crippen LogP contribution in [0, 0.1) is 0 Å². The lowest BCUT2D eigenvalue weighted by atomic mass is 10.1. The monoisotopic (exact) mass is 330 g/mol. The highest BCUT2D eigenvalue weighted by atomic mass is 16.5. The Morgan fingerprint density at radius 3 is 1.48 bits per heavy atom. The van der Waals surface area contributed by atoms with Gasteiger partial charge < -0.3 is 10.9 Å². The summed E-state index contributed by atoms with van der Waals surface area (Å²) in [5.74, 6) is 0.00687. The first kappa shape index (κ1) is 24.7. The highest BCUT2D eigenvalue weighted by Crippen LogP contribution is 2.11. The van der Waals surface area contributed by atoms with Gasteiger partial charge in [0, 0.05) is 6.42 Å². The molecular formula is C20H44NO2+. The van der Waals surface area contributed by atoms with Crippen LogP contribution in [0.2, 0.25) is 0 Å². The lowest BCUT2D eigenvalue weighted by Crippen LogP contribution is -2.05. The molecule has 0 heterocycles. The first-order chi connectivity index (χ1) is 10.8. The van der Waals surface area contributed by atoms with Crippen molar-refractivity contribution in [3.05, 3.63) is 0 Å². The molecule has 0 aromatic heterocycles. The first-order valence-corrected chi connectivity index (χ1v) is 9.96. The van der Waals surface area contributed by atoms with E-state index in [-0.39, 0.29) is 12.1 Å². The van der Waals surface area contributed by atoms with E-state index in [1.54, 1.807) is 0 Å². The molecule has 0 radical (unpaired) electrons. The third-order valence-corrected chi connectivity index (χ3v) is 4.25. The molecule has 0 bridgehead atoms. The predicted octanol–water partition coefficient (Wildman–Crippen LogP) is 7.19. The number of carbonyl (C=O) groups is 1. The van der Waals surface area contributed by atoms with E-state index in [0.29, 0.717) is 13.0 Å². The summed E-state index contributed by atoms with van der Waals surface area (Å²) in [5.41, 5.74) is 0. The molecule has 0 amide bonds. The van der Waals surface area contributed by atoms with Gasteiger partial charge in [-0.1, -0.05) is 97.3 Å². The Balaban J connectivity index is 0. The van der Waals surface area contributed by atoms with Gasteiger partial charge in [-0.2, -0.15) is 0 Å². The van der Waals surface area contributed by atoms with E-state index in [2.05, 4.69) is 13.8 Å². The molecule has 23 heavy (non-hydrogen) atoms. The lowest BCUT2D eigenvalue weighted by molar-refractivity contribution is -0.143. The number of hydrogen-bond donors (Lipinski definition) is 1. The van der Waals surface area contributed by atoms with Crippen molar-refractivity contribution in [2.75, 3.05) is 6.61 Å². The molecule has 0 saturated heterocycles. The molecule has 0 aliphatic rings. The Labute approximate surface area is 145 Å². The van der Waals surface area contributed by atoms with Crippen LogP contribution in [-0.4, -0.2) is 12.6 Å². The molecule has 0 unspecified atom stereocenters. The SMILES string of the molecule is CCCCCCCCCCCCOC(=O)CCCCCCC.[NH4+]. The van der Waals surface area contributed by atoms with Gasteiger partial charge in [0.2, 0.25) is 0 Å². The molecule has 0 spiro atoms. The van der Waals surface area contributed by atoms with E-state index >= 15 is 0 Å². The quantitative estimate of drug-likeness (QED) is 0.226. The highest BCUT2D eigenvalue weighted by molar-refractivity contribution is 5.69. The van der Waals surface area contributed by atoms with Gasteiger partial charge in [-0.25, -0.2) is 0 Å². The molecule has 0 aromatic carbocycles. The fourth-order valence-corrected chi connectivity index (χ4v) is 2.72. The topological polar surface area (TPSA) is 62.8 Å². The van der Waals surface area contributed by atoms with Gasteiger partial charge in [-0.15, -0.1) is 0 Å². The minimum absolute atomic E-state index is 0. The van der Waals surface area contributed by atoms with Crippen molar-refractivity contribution in [2.45, 2.75) is 117 Å². The van der Waals surface area contributed by atoms with Crippen LogP contribution in [0.3, 0.4) is 0 Å². The first-order valence-electron chi connectivity index (χ1n) is 9.96. The van der Waals surface area contributed by atoms with Crippen molar-refractivity contribution < 1.29 is 9.53 Å². The van der Waals surface area contributed by atoms with Crippen LogP contribution in [0.15, 0.2) is 0 Å². The summed E-state index contributed by atoms with van der Waals surface area (Å²) in [6.45, 7) is 5.10. The van der Waals surface area contributed by atoms with Crippen LogP contribution in [0.5, 0.6) is 0 Å². The molecule has 0 aromatic rings. The van der Waals surface area contributed by atoms with Crippen molar-refractivity contribution >= 4 is 5.97 Å². The Morgan fingerprint density at radius 1 is 0.609 bits per heavy atom. The second-order valence-corrected chi connectivity index (χ2v) is 6.57. The van der Waals surface area contributed by atoms with Crippen LogP contribution in [0.1, 0.15) is 117 Å². The molecule has 0 aliphatic carbocycles. The van der Waals surface area contributed by atoms with Gasteiger partial charge in [-0.05, 0) is 12.8 Å². The predicted molar refractivity (Wildman–Crippen MR) is 102 cm³/mol. The van der Waals surface area contributed by atoms with Crippen molar-refractivity contribution in [3.63, 3.8) is 0 Å². The van der Waals surface area contributed by atoms with Crippen LogP contribution < -0.4 is 6.15 Å². The Hall–Kier alpha value is -0.570. The van der Waals surface area contributed by atoms with Crippen LogP contribution in [0.4, 0.5) is 0 Å². The largest absolute Gasteiger partial charge is 0.466 e. The maximum atomic E-state index is 11.5. The number of hydrogen-bond acceptors (Lipinski definition) is 2. The number of unbranched alkanes of at least 4 members (excludes halogenated alkanes) is 13. The minimum Gasteiger partial charge on any atom is -0.466 e.